The lowest BCUT2D eigenvalue weighted by molar-refractivity contribution is -0.0458. The Morgan fingerprint density at radius 3 is 3.05 bits per heavy atom. The molecule has 1 aliphatic rings. The first-order valence-corrected chi connectivity index (χ1v) is 6.30. The van der Waals surface area contributed by atoms with Crippen LogP contribution in [0.15, 0.2) is 17.1 Å². The van der Waals surface area contributed by atoms with Crippen LogP contribution < -0.4 is 11.0 Å². The molecule has 0 amide bonds. The predicted octanol–water partition coefficient (Wildman–Crippen LogP) is -0.790. The summed E-state index contributed by atoms with van der Waals surface area (Å²) in [6.07, 6.45) is -0.0447. The van der Waals surface area contributed by atoms with Crippen LogP contribution in [0.2, 0.25) is 0 Å². The summed E-state index contributed by atoms with van der Waals surface area (Å²) in [6.45, 7) is 0.117. The third kappa shape index (κ3) is 3.14. The van der Waals surface area contributed by atoms with Gasteiger partial charge in [0.25, 0.3) is 0 Å². The summed E-state index contributed by atoms with van der Waals surface area (Å²) in [5, 5.41) is 29.9. The van der Waals surface area contributed by atoms with E-state index in [1.165, 1.54) is 10.8 Å². The van der Waals surface area contributed by atoms with Gasteiger partial charge in [-0.15, -0.1) is 0 Å². The molecule has 0 aliphatic carbocycles. The highest BCUT2D eigenvalue weighted by Crippen LogP contribution is 2.27. The van der Waals surface area contributed by atoms with Gasteiger partial charge in [-0.05, 0) is 6.07 Å². The van der Waals surface area contributed by atoms with Gasteiger partial charge in [-0.1, -0.05) is 0 Å². The zero-order valence-electron chi connectivity index (χ0n) is 10.8. The van der Waals surface area contributed by atoms with Crippen LogP contribution in [0, 0.1) is 11.3 Å². The quantitative estimate of drug-likeness (QED) is 0.604. The Morgan fingerprint density at radius 2 is 2.45 bits per heavy atom. The summed E-state index contributed by atoms with van der Waals surface area (Å²) >= 11 is 0. The summed E-state index contributed by atoms with van der Waals surface area (Å²) < 4.78 is 6.66. The number of aromatic nitrogens is 2. The minimum absolute atomic E-state index is 0.230. The number of nitriles is 1. The average Bonchev–Trinajstić information content (AvgIpc) is 2.80. The SMILES string of the molecule is N#CCCNc1ccn([C@H]2C[C@H](O)[C@@H](CO)O2)c(=O)n1. The number of aliphatic hydroxyl groups is 2. The lowest BCUT2D eigenvalue weighted by atomic mass is 10.2. The van der Waals surface area contributed by atoms with E-state index in [0.29, 0.717) is 18.8 Å². The van der Waals surface area contributed by atoms with Crippen LogP contribution in [0.3, 0.4) is 0 Å². The third-order valence-corrected chi connectivity index (χ3v) is 3.07. The smallest absolute Gasteiger partial charge is 0.351 e. The Labute approximate surface area is 115 Å². The number of rotatable bonds is 5. The van der Waals surface area contributed by atoms with E-state index in [4.69, 9.17) is 15.1 Å². The molecule has 20 heavy (non-hydrogen) atoms. The Kier molecular flexibility index (Phi) is 4.68. The number of nitrogens with zero attached hydrogens (tertiary/aromatic N) is 3. The van der Waals surface area contributed by atoms with Crippen molar-refractivity contribution in [2.45, 2.75) is 31.3 Å². The first kappa shape index (κ1) is 14.5. The van der Waals surface area contributed by atoms with Crippen molar-refractivity contribution in [2.24, 2.45) is 0 Å². The minimum atomic E-state index is -0.801. The fourth-order valence-electron chi connectivity index (χ4n) is 2.03. The zero-order chi connectivity index (χ0) is 14.5. The van der Waals surface area contributed by atoms with E-state index < -0.39 is 24.1 Å². The van der Waals surface area contributed by atoms with Gasteiger partial charge in [0.2, 0.25) is 0 Å². The fraction of sp³-hybridized carbons (Fsp3) is 0.583. The van der Waals surface area contributed by atoms with E-state index in [-0.39, 0.29) is 13.0 Å². The summed E-state index contributed by atoms with van der Waals surface area (Å²) in [6, 6.07) is 3.58. The van der Waals surface area contributed by atoms with Gasteiger partial charge in [-0.25, -0.2) is 4.79 Å². The second-order valence-electron chi connectivity index (χ2n) is 4.45. The highest BCUT2D eigenvalue weighted by Gasteiger charge is 2.34. The number of aliphatic hydroxyl groups excluding tert-OH is 2. The lowest BCUT2D eigenvalue weighted by Gasteiger charge is -2.14. The van der Waals surface area contributed by atoms with Gasteiger partial charge in [0.05, 0.1) is 25.2 Å². The number of hydrogen-bond acceptors (Lipinski definition) is 7. The minimum Gasteiger partial charge on any atom is -0.394 e. The molecule has 8 nitrogen and oxygen atoms in total. The Morgan fingerprint density at radius 1 is 1.65 bits per heavy atom. The van der Waals surface area contributed by atoms with Crippen LogP contribution in [0.5, 0.6) is 0 Å². The number of ether oxygens (including phenoxy) is 1. The number of anilines is 1. The molecule has 1 fully saturated rings. The zero-order valence-corrected chi connectivity index (χ0v) is 10.8. The van der Waals surface area contributed by atoms with E-state index in [9.17, 15) is 9.90 Å². The van der Waals surface area contributed by atoms with Crippen molar-refractivity contribution in [1.82, 2.24) is 9.55 Å². The average molecular weight is 280 g/mol. The molecule has 0 unspecified atom stereocenters. The van der Waals surface area contributed by atoms with Crippen molar-refractivity contribution in [3.05, 3.63) is 22.7 Å². The number of hydrogen-bond donors (Lipinski definition) is 3. The molecule has 1 aliphatic heterocycles. The molecule has 0 saturated carbocycles. The monoisotopic (exact) mass is 280 g/mol. The van der Waals surface area contributed by atoms with Crippen molar-refractivity contribution < 1.29 is 14.9 Å². The Bertz CT molecular complexity index is 553. The summed E-state index contributed by atoms with van der Waals surface area (Å²) in [5.74, 6) is 0.388. The maximum absolute atomic E-state index is 11.9. The fourth-order valence-corrected chi connectivity index (χ4v) is 2.03. The molecule has 108 valence electrons. The summed E-state index contributed by atoms with van der Waals surface area (Å²) in [5.41, 5.74) is -0.511. The van der Waals surface area contributed by atoms with Crippen LogP contribution >= 0.6 is 0 Å². The normalized spacial score (nSPS) is 25.4. The van der Waals surface area contributed by atoms with Gasteiger partial charge < -0.3 is 20.3 Å². The van der Waals surface area contributed by atoms with Crippen molar-refractivity contribution in [1.29, 1.82) is 5.26 Å². The maximum Gasteiger partial charge on any atom is 0.351 e. The van der Waals surface area contributed by atoms with Crippen molar-refractivity contribution >= 4 is 5.82 Å². The van der Waals surface area contributed by atoms with E-state index in [0.717, 1.165) is 0 Å². The van der Waals surface area contributed by atoms with E-state index >= 15 is 0 Å². The van der Waals surface area contributed by atoms with Crippen molar-refractivity contribution in [2.75, 3.05) is 18.5 Å². The lowest BCUT2D eigenvalue weighted by Crippen LogP contribution is -2.28. The van der Waals surface area contributed by atoms with Gasteiger partial charge in [0, 0.05) is 19.2 Å². The van der Waals surface area contributed by atoms with Gasteiger partial charge in [-0.3, -0.25) is 4.57 Å². The Balaban J connectivity index is 2.07. The molecule has 3 N–H and O–H groups in total. The molecular formula is C12H16N4O4. The van der Waals surface area contributed by atoms with Crippen LogP contribution in [-0.2, 0) is 4.74 Å². The molecule has 8 heteroatoms. The molecule has 2 heterocycles. The first-order chi connectivity index (χ1) is 9.65. The molecular weight excluding hydrogens is 264 g/mol. The third-order valence-electron chi connectivity index (χ3n) is 3.07. The Hall–Kier alpha value is -1.95. The first-order valence-electron chi connectivity index (χ1n) is 6.30. The van der Waals surface area contributed by atoms with Gasteiger partial charge in [0.1, 0.15) is 18.1 Å². The molecule has 1 aromatic heterocycles. The molecule has 0 radical (unpaired) electrons. The topological polar surface area (TPSA) is 120 Å². The molecule has 0 bridgehead atoms. The summed E-state index contributed by atoms with van der Waals surface area (Å²) in [7, 11) is 0. The highest BCUT2D eigenvalue weighted by atomic mass is 16.5. The van der Waals surface area contributed by atoms with Crippen LogP contribution in [-0.4, -0.2) is 45.1 Å². The van der Waals surface area contributed by atoms with Crippen molar-refractivity contribution in [3.8, 4) is 6.07 Å². The van der Waals surface area contributed by atoms with E-state index in [2.05, 4.69) is 10.3 Å². The second-order valence-corrected chi connectivity index (χ2v) is 4.45. The maximum atomic E-state index is 11.9. The molecule has 1 saturated heterocycles. The molecule has 3 atom stereocenters. The summed E-state index contributed by atoms with van der Waals surface area (Å²) in [4.78, 5) is 15.7. The molecule has 2 rings (SSSR count). The highest BCUT2D eigenvalue weighted by molar-refractivity contribution is 5.31. The van der Waals surface area contributed by atoms with E-state index in [1.807, 2.05) is 6.07 Å². The van der Waals surface area contributed by atoms with Gasteiger partial charge >= 0.3 is 5.69 Å². The van der Waals surface area contributed by atoms with E-state index in [1.54, 1.807) is 6.07 Å². The standard InChI is InChI=1S/C12H16N4O4/c13-3-1-4-14-10-2-5-16(12(19)15-10)11-6-8(18)9(7-17)20-11/h2,5,8-9,11,17-18H,1,4,6-7H2,(H,14,15,19)/t8-,9+,11+/m0/s1. The molecule has 1 aromatic rings. The molecule has 0 aromatic carbocycles. The van der Waals surface area contributed by atoms with Crippen LogP contribution in [0.4, 0.5) is 5.82 Å². The largest absolute Gasteiger partial charge is 0.394 e. The predicted molar refractivity (Wildman–Crippen MR) is 68.8 cm³/mol. The van der Waals surface area contributed by atoms with Crippen LogP contribution in [0.25, 0.3) is 0 Å². The van der Waals surface area contributed by atoms with Crippen LogP contribution in [0.1, 0.15) is 19.1 Å². The van der Waals surface area contributed by atoms with Gasteiger partial charge in [-0.2, -0.15) is 10.2 Å². The number of nitrogens with one attached hydrogen (secondary N) is 1. The van der Waals surface area contributed by atoms with Crippen molar-refractivity contribution in [3.63, 3.8) is 0 Å². The second kappa shape index (κ2) is 6.47. The van der Waals surface area contributed by atoms with Gasteiger partial charge in [0.15, 0.2) is 0 Å². The molecule has 0 spiro atoms.